The molecule has 0 spiro atoms. The Kier molecular flexibility index (Phi) is 4.26. The number of aryl methyl sites for hydroxylation is 1. The summed E-state index contributed by atoms with van der Waals surface area (Å²) in [5.74, 6) is 0.583. The highest BCUT2D eigenvalue weighted by atomic mass is 79.9. The quantitative estimate of drug-likeness (QED) is 0.366. The summed E-state index contributed by atoms with van der Waals surface area (Å²) in [5.41, 5.74) is 8.70. The van der Waals surface area contributed by atoms with E-state index < -0.39 is 0 Å². The van der Waals surface area contributed by atoms with Crippen LogP contribution >= 0.6 is 15.9 Å². The second-order valence-corrected chi connectivity index (χ2v) is 6.74. The maximum atomic E-state index is 6.11. The van der Waals surface area contributed by atoms with Crippen molar-refractivity contribution in [3.8, 4) is 0 Å². The van der Waals surface area contributed by atoms with Gasteiger partial charge in [-0.25, -0.2) is 9.97 Å². The number of nitrogens with two attached hydrogens (primary N) is 1. The van der Waals surface area contributed by atoms with E-state index in [0.717, 1.165) is 37.5 Å². The van der Waals surface area contributed by atoms with Gasteiger partial charge in [0.05, 0.1) is 11.2 Å². The van der Waals surface area contributed by atoms with Crippen LogP contribution < -0.4 is 11.1 Å². The van der Waals surface area contributed by atoms with Crippen LogP contribution in [-0.2, 0) is 0 Å². The number of aliphatic imine (C=N–C) groups is 1. The Bertz CT molecular complexity index is 1150. The molecule has 128 valence electrons. The zero-order valence-corrected chi connectivity index (χ0v) is 15.7. The average Bonchev–Trinajstić information content (AvgIpc) is 2.64. The van der Waals surface area contributed by atoms with Gasteiger partial charge >= 0.3 is 0 Å². The van der Waals surface area contributed by atoms with E-state index in [1.54, 1.807) is 0 Å². The number of hydrogen-bond acceptors (Lipinski definition) is 3. The standard InChI is InChI=1S/C20H16BrN5/c1-12-13-6-4-5-9-17(13)25-20(23-12)26-19(22)24-18-11-10-16(21)14-7-2-3-8-15(14)18/h2-11H,1H3,(H3,22,23,24,25,26). The van der Waals surface area contributed by atoms with Crippen LogP contribution in [0.25, 0.3) is 21.7 Å². The minimum absolute atomic E-state index is 0.243. The summed E-state index contributed by atoms with van der Waals surface area (Å²) in [5, 5.41) is 6.32. The fraction of sp³-hybridized carbons (Fsp3) is 0.0500. The number of hydrogen-bond donors (Lipinski definition) is 2. The molecule has 3 aromatic carbocycles. The molecule has 5 nitrogen and oxygen atoms in total. The van der Waals surface area contributed by atoms with Crippen molar-refractivity contribution in [1.29, 1.82) is 0 Å². The predicted molar refractivity (Wildman–Crippen MR) is 111 cm³/mol. The van der Waals surface area contributed by atoms with E-state index in [9.17, 15) is 0 Å². The zero-order valence-electron chi connectivity index (χ0n) is 14.1. The number of para-hydroxylation sites is 1. The maximum absolute atomic E-state index is 6.11. The summed E-state index contributed by atoms with van der Waals surface area (Å²) in [4.78, 5) is 13.2. The van der Waals surface area contributed by atoms with Gasteiger partial charge in [-0.3, -0.25) is 0 Å². The van der Waals surface area contributed by atoms with Gasteiger partial charge in [0.25, 0.3) is 5.95 Å². The summed E-state index contributed by atoms with van der Waals surface area (Å²) in [6, 6.07) is 19.9. The Hall–Kier alpha value is -2.99. The van der Waals surface area contributed by atoms with Gasteiger partial charge in [-0.2, -0.15) is 4.99 Å². The van der Waals surface area contributed by atoms with Crippen molar-refractivity contribution in [3.05, 3.63) is 70.8 Å². The van der Waals surface area contributed by atoms with Crippen LogP contribution in [0.4, 0.5) is 11.6 Å². The third-order valence-corrected chi connectivity index (χ3v) is 4.83. The molecular weight excluding hydrogens is 390 g/mol. The van der Waals surface area contributed by atoms with Crippen LogP contribution in [0.15, 0.2) is 70.1 Å². The molecule has 0 amide bonds. The lowest BCUT2D eigenvalue weighted by Crippen LogP contribution is -2.22. The van der Waals surface area contributed by atoms with E-state index in [1.807, 2.05) is 67.6 Å². The number of rotatable bonds is 2. The summed E-state index contributed by atoms with van der Waals surface area (Å²) in [7, 11) is 0. The number of guanidine groups is 1. The van der Waals surface area contributed by atoms with E-state index >= 15 is 0 Å². The first kappa shape index (κ1) is 16.5. The highest BCUT2D eigenvalue weighted by Crippen LogP contribution is 2.30. The lowest BCUT2D eigenvalue weighted by molar-refractivity contribution is 1.12. The van der Waals surface area contributed by atoms with Crippen molar-refractivity contribution >= 4 is 55.2 Å². The molecule has 1 heterocycles. The summed E-state index contributed by atoms with van der Waals surface area (Å²) >= 11 is 3.57. The number of halogens is 1. The fourth-order valence-electron chi connectivity index (χ4n) is 2.92. The molecule has 3 N–H and O–H groups in total. The Morgan fingerprint density at radius 1 is 0.923 bits per heavy atom. The highest BCUT2D eigenvalue weighted by molar-refractivity contribution is 9.10. The van der Waals surface area contributed by atoms with Crippen LogP contribution in [0.3, 0.4) is 0 Å². The van der Waals surface area contributed by atoms with Gasteiger partial charge in [-0.15, -0.1) is 0 Å². The molecule has 0 saturated heterocycles. The highest BCUT2D eigenvalue weighted by Gasteiger charge is 2.07. The van der Waals surface area contributed by atoms with Gasteiger partial charge in [0.2, 0.25) is 5.96 Å². The SMILES string of the molecule is Cc1nc(/N=C(\N)Nc2ccc(Br)c3ccccc23)nc2ccccc12. The minimum Gasteiger partial charge on any atom is -0.369 e. The molecule has 0 unspecified atom stereocenters. The topological polar surface area (TPSA) is 76.2 Å². The molecular formula is C20H16BrN5. The zero-order chi connectivity index (χ0) is 18.1. The normalized spacial score (nSPS) is 11.8. The van der Waals surface area contributed by atoms with E-state index in [-0.39, 0.29) is 5.96 Å². The van der Waals surface area contributed by atoms with Gasteiger partial charge in [0, 0.05) is 20.9 Å². The first-order valence-electron chi connectivity index (χ1n) is 8.13. The summed E-state index contributed by atoms with van der Waals surface area (Å²) in [6.45, 7) is 1.94. The molecule has 0 fully saturated rings. The predicted octanol–water partition coefficient (Wildman–Crippen LogP) is 4.91. The molecule has 0 bridgehead atoms. The average molecular weight is 406 g/mol. The van der Waals surface area contributed by atoms with Gasteiger partial charge in [0.1, 0.15) is 0 Å². The van der Waals surface area contributed by atoms with Crippen LogP contribution in [0.2, 0.25) is 0 Å². The summed E-state index contributed by atoms with van der Waals surface area (Å²) < 4.78 is 1.03. The molecule has 0 saturated carbocycles. The second-order valence-electron chi connectivity index (χ2n) is 5.89. The first-order valence-corrected chi connectivity index (χ1v) is 8.93. The van der Waals surface area contributed by atoms with Crippen molar-refractivity contribution in [2.45, 2.75) is 6.92 Å². The van der Waals surface area contributed by atoms with Crippen LogP contribution in [0, 0.1) is 6.92 Å². The molecule has 1 aromatic heterocycles. The third-order valence-electron chi connectivity index (χ3n) is 4.14. The van der Waals surface area contributed by atoms with Crippen molar-refractivity contribution in [3.63, 3.8) is 0 Å². The van der Waals surface area contributed by atoms with Gasteiger partial charge < -0.3 is 11.1 Å². The Labute approximate surface area is 159 Å². The van der Waals surface area contributed by atoms with Crippen LogP contribution in [0.5, 0.6) is 0 Å². The number of nitrogens with one attached hydrogen (secondary N) is 1. The second kappa shape index (κ2) is 6.72. The van der Waals surface area contributed by atoms with Crippen molar-refractivity contribution in [2.75, 3.05) is 5.32 Å². The van der Waals surface area contributed by atoms with Crippen LogP contribution in [0.1, 0.15) is 5.69 Å². The molecule has 0 aliphatic carbocycles. The van der Waals surface area contributed by atoms with Crippen LogP contribution in [-0.4, -0.2) is 15.9 Å². The minimum atomic E-state index is 0.243. The monoisotopic (exact) mass is 405 g/mol. The number of fused-ring (bicyclic) bond motifs is 2. The number of benzene rings is 3. The van der Waals surface area contributed by atoms with Crippen molar-refractivity contribution in [2.24, 2.45) is 10.7 Å². The largest absolute Gasteiger partial charge is 0.369 e. The van der Waals surface area contributed by atoms with E-state index in [0.29, 0.717) is 5.95 Å². The van der Waals surface area contributed by atoms with Gasteiger partial charge in [0.15, 0.2) is 0 Å². The van der Waals surface area contributed by atoms with E-state index in [1.165, 1.54) is 0 Å². The Morgan fingerprint density at radius 3 is 2.42 bits per heavy atom. The molecule has 0 atom stereocenters. The van der Waals surface area contributed by atoms with Gasteiger partial charge in [-0.05, 0) is 30.5 Å². The number of aromatic nitrogens is 2. The fourth-order valence-corrected chi connectivity index (χ4v) is 3.39. The van der Waals surface area contributed by atoms with E-state index in [2.05, 4.69) is 36.2 Å². The Morgan fingerprint density at radius 2 is 1.62 bits per heavy atom. The molecule has 4 aromatic rings. The molecule has 26 heavy (non-hydrogen) atoms. The first-order chi connectivity index (χ1) is 12.6. The van der Waals surface area contributed by atoms with Gasteiger partial charge in [-0.1, -0.05) is 58.4 Å². The molecule has 0 radical (unpaired) electrons. The van der Waals surface area contributed by atoms with Crippen molar-refractivity contribution in [1.82, 2.24) is 9.97 Å². The molecule has 0 aliphatic rings. The molecule has 0 aliphatic heterocycles. The number of nitrogens with zero attached hydrogens (tertiary/aromatic N) is 3. The molecule has 6 heteroatoms. The summed E-state index contributed by atoms with van der Waals surface area (Å²) in [6.07, 6.45) is 0. The Balaban J connectivity index is 1.71. The van der Waals surface area contributed by atoms with Crippen molar-refractivity contribution < 1.29 is 0 Å². The maximum Gasteiger partial charge on any atom is 0.253 e. The molecule has 4 rings (SSSR count). The number of anilines is 1. The smallest absolute Gasteiger partial charge is 0.253 e. The lowest BCUT2D eigenvalue weighted by atomic mass is 10.1. The van der Waals surface area contributed by atoms with E-state index in [4.69, 9.17) is 5.73 Å². The third kappa shape index (κ3) is 3.11. The lowest BCUT2D eigenvalue weighted by Gasteiger charge is -2.10.